The highest BCUT2D eigenvalue weighted by molar-refractivity contribution is 5.69. The van der Waals surface area contributed by atoms with Crippen LogP contribution in [0.2, 0.25) is 0 Å². The first-order valence-corrected chi connectivity index (χ1v) is 15.3. The van der Waals surface area contributed by atoms with E-state index >= 15 is 0 Å². The summed E-state index contributed by atoms with van der Waals surface area (Å²) in [6, 6.07) is 0. The van der Waals surface area contributed by atoms with Crippen molar-refractivity contribution in [2.45, 2.75) is 110 Å². The van der Waals surface area contributed by atoms with Crippen LogP contribution in [0, 0.1) is 0 Å². The van der Waals surface area contributed by atoms with Crippen LogP contribution in [0.4, 0.5) is 0 Å². The first-order valence-electron chi connectivity index (χ1n) is 15.3. The predicted molar refractivity (Wildman–Crippen MR) is 152 cm³/mol. The second-order valence-electron chi connectivity index (χ2n) is 10.2. The van der Waals surface area contributed by atoms with Crippen LogP contribution in [0.25, 0.3) is 0 Å². The number of hydrogen-bond donors (Lipinski definition) is 0. The van der Waals surface area contributed by atoms with E-state index < -0.39 is 0 Å². The van der Waals surface area contributed by atoms with E-state index in [9.17, 15) is 4.79 Å². The molecule has 7 heteroatoms. The molecule has 0 aliphatic rings. The molecule has 0 saturated carbocycles. The van der Waals surface area contributed by atoms with E-state index in [-0.39, 0.29) is 5.97 Å². The Morgan fingerprint density at radius 1 is 0.486 bits per heavy atom. The molecular formula is C30H61NO6. The fourth-order valence-electron chi connectivity index (χ4n) is 3.94. The van der Waals surface area contributed by atoms with Crippen LogP contribution in [-0.4, -0.2) is 91.0 Å². The molecule has 222 valence electrons. The maximum atomic E-state index is 11.8. The van der Waals surface area contributed by atoms with Crippen molar-refractivity contribution in [1.29, 1.82) is 0 Å². The molecule has 0 atom stereocenters. The van der Waals surface area contributed by atoms with E-state index in [0.29, 0.717) is 59.3 Å². The highest BCUT2D eigenvalue weighted by Gasteiger charge is 2.03. The summed E-state index contributed by atoms with van der Waals surface area (Å²) in [6.07, 6.45) is 20.4. The minimum atomic E-state index is -0.114. The van der Waals surface area contributed by atoms with Crippen molar-refractivity contribution in [2.75, 3.05) is 80.1 Å². The van der Waals surface area contributed by atoms with E-state index in [2.05, 4.69) is 11.8 Å². The maximum Gasteiger partial charge on any atom is 0.305 e. The van der Waals surface area contributed by atoms with Gasteiger partial charge in [-0.3, -0.25) is 4.79 Å². The number of rotatable bonds is 31. The number of carbonyl (C=O) groups is 1. The average molecular weight is 532 g/mol. The summed E-state index contributed by atoms with van der Waals surface area (Å²) >= 11 is 0. The molecule has 0 rings (SSSR count). The lowest BCUT2D eigenvalue weighted by molar-refractivity contribution is -0.145. The molecule has 0 radical (unpaired) electrons. The molecule has 0 bridgehead atoms. The van der Waals surface area contributed by atoms with Crippen molar-refractivity contribution in [3.63, 3.8) is 0 Å². The third-order valence-corrected chi connectivity index (χ3v) is 6.27. The molecule has 0 N–H and O–H groups in total. The van der Waals surface area contributed by atoms with Crippen LogP contribution < -0.4 is 0 Å². The van der Waals surface area contributed by atoms with Crippen molar-refractivity contribution in [3.8, 4) is 0 Å². The van der Waals surface area contributed by atoms with Gasteiger partial charge >= 0.3 is 5.97 Å². The smallest absolute Gasteiger partial charge is 0.305 e. The summed E-state index contributed by atoms with van der Waals surface area (Å²) in [6.45, 7) is 7.92. The van der Waals surface area contributed by atoms with Gasteiger partial charge in [-0.1, -0.05) is 96.8 Å². The zero-order chi connectivity index (χ0) is 27.1. The molecule has 37 heavy (non-hydrogen) atoms. The largest absolute Gasteiger partial charge is 0.463 e. The Balaban J connectivity index is 3.15. The number of likely N-dealkylation sites (N-methyl/N-ethyl adjacent to an activating group) is 1. The summed E-state index contributed by atoms with van der Waals surface area (Å²) in [5.41, 5.74) is 0. The van der Waals surface area contributed by atoms with E-state index in [1.165, 1.54) is 83.5 Å². The van der Waals surface area contributed by atoms with Crippen molar-refractivity contribution >= 4 is 5.97 Å². The van der Waals surface area contributed by atoms with Gasteiger partial charge < -0.3 is 28.6 Å². The molecule has 0 aliphatic carbocycles. The molecule has 0 aliphatic heterocycles. The molecule has 0 unspecified atom stereocenters. The average Bonchev–Trinajstić information content (AvgIpc) is 2.88. The van der Waals surface area contributed by atoms with Crippen molar-refractivity contribution in [1.82, 2.24) is 4.90 Å². The molecule has 0 aromatic carbocycles. The molecule has 0 aromatic heterocycles. The van der Waals surface area contributed by atoms with Crippen LogP contribution in [0.15, 0.2) is 0 Å². The van der Waals surface area contributed by atoms with Gasteiger partial charge in [0.05, 0.1) is 52.9 Å². The number of unbranched alkanes of at least 4 members (excludes halogenated alkanes) is 14. The highest BCUT2D eigenvalue weighted by atomic mass is 16.6. The fraction of sp³-hybridized carbons (Fsp3) is 0.967. The highest BCUT2D eigenvalue weighted by Crippen LogP contribution is 2.13. The van der Waals surface area contributed by atoms with Crippen LogP contribution in [0.1, 0.15) is 110 Å². The topological polar surface area (TPSA) is 66.5 Å². The summed E-state index contributed by atoms with van der Waals surface area (Å²) < 4.78 is 27.0. The van der Waals surface area contributed by atoms with E-state index in [0.717, 1.165) is 26.0 Å². The second-order valence-corrected chi connectivity index (χ2v) is 10.2. The number of nitrogens with zero attached hydrogens (tertiary/aromatic N) is 1. The van der Waals surface area contributed by atoms with Crippen molar-refractivity contribution in [3.05, 3.63) is 0 Å². The van der Waals surface area contributed by atoms with Crippen LogP contribution in [0.3, 0.4) is 0 Å². The summed E-state index contributed by atoms with van der Waals surface area (Å²) in [5.74, 6) is -0.114. The fourth-order valence-corrected chi connectivity index (χ4v) is 3.94. The van der Waals surface area contributed by atoms with Crippen LogP contribution in [-0.2, 0) is 28.5 Å². The summed E-state index contributed by atoms with van der Waals surface area (Å²) in [4.78, 5) is 13.9. The van der Waals surface area contributed by atoms with Gasteiger partial charge in [0.25, 0.3) is 0 Å². The van der Waals surface area contributed by atoms with E-state index in [1.54, 1.807) is 0 Å². The Morgan fingerprint density at radius 3 is 1.24 bits per heavy atom. The Kier molecular flexibility index (Phi) is 30.9. The van der Waals surface area contributed by atoms with Crippen molar-refractivity contribution < 1.29 is 28.5 Å². The summed E-state index contributed by atoms with van der Waals surface area (Å²) in [5, 5.41) is 0. The predicted octanol–water partition coefficient (Wildman–Crippen LogP) is 6.42. The molecule has 0 amide bonds. The van der Waals surface area contributed by atoms with Gasteiger partial charge in [-0.15, -0.1) is 0 Å². The third-order valence-electron chi connectivity index (χ3n) is 6.27. The number of hydrogen-bond acceptors (Lipinski definition) is 7. The maximum absolute atomic E-state index is 11.8. The zero-order valence-corrected chi connectivity index (χ0v) is 24.8. The lowest BCUT2D eigenvalue weighted by atomic mass is 10.0. The zero-order valence-electron chi connectivity index (χ0n) is 24.8. The molecule has 0 spiro atoms. The van der Waals surface area contributed by atoms with Gasteiger partial charge in [-0.2, -0.15) is 0 Å². The Bertz CT molecular complexity index is 450. The molecule has 0 aromatic rings. The minimum Gasteiger partial charge on any atom is -0.463 e. The lowest BCUT2D eigenvalue weighted by Crippen LogP contribution is -2.19. The molecular weight excluding hydrogens is 470 g/mol. The second kappa shape index (κ2) is 31.5. The number of ether oxygens (including phenoxy) is 5. The van der Waals surface area contributed by atoms with Gasteiger partial charge in [0.2, 0.25) is 0 Å². The summed E-state index contributed by atoms with van der Waals surface area (Å²) in [7, 11) is 4.05. The van der Waals surface area contributed by atoms with E-state index in [1.807, 2.05) is 14.1 Å². The molecule has 7 nitrogen and oxygen atoms in total. The standard InChI is InChI=1S/C30H61NO6/c1-4-5-6-7-8-9-10-11-12-13-14-15-16-17-18-19-30(32)37-29-28-36-27-26-35-25-24-34-23-22-33-21-20-31(2)3/h4-29H2,1-3H3. The lowest BCUT2D eigenvalue weighted by Gasteiger charge is -2.10. The number of carbonyl (C=O) groups excluding carboxylic acids is 1. The third kappa shape index (κ3) is 33.2. The van der Waals surface area contributed by atoms with Gasteiger partial charge in [0.1, 0.15) is 6.61 Å². The van der Waals surface area contributed by atoms with Gasteiger partial charge in [-0.25, -0.2) is 0 Å². The van der Waals surface area contributed by atoms with Crippen LogP contribution >= 0.6 is 0 Å². The van der Waals surface area contributed by atoms with Crippen LogP contribution in [0.5, 0.6) is 0 Å². The minimum absolute atomic E-state index is 0.114. The molecule has 0 saturated heterocycles. The normalized spacial score (nSPS) is 11.5. The Hall–Kier alpha value is -0.730. The van der Waals surface area contributed by atoms with E-state index in [4.69, 9.17) is 23.7 Å². The Morgan fingerprint density at radius 2 is 0.838 bits per heavy atom. The molecule has 0 fully saturated rings. The quantitative estimate of drug-likeness (QED) is 0.0755. The van der Waals surface area contributed by atoms with Gasteiger partial charge in [-0.05, 0) is 20.5 Å². The van der Waals surface area contributed by atoms with Gasteiger partial charge in [0, 0.05) is 13.0 Å². The number of esters is 1. The monoisotopic (exact) mass is 531 g/mol. The SMILES string of the molecule is CCCCCCCCCCCCCCCCCC(=O)OCCOCCOCCOCCOCCN(C)C. The molecule has 0 heterocycles. The first kappa shape index (κ1) is 36.3. The van der Waals surface area contributed by atoms with Crippen molar-refractivity contribution in [2.24, 2.45) is 0 Å². The Labute approximate surface area is 229 Å². The van der Waals surface area contributed by atoms with Gasteiger partial charge in [0.15, 0.2) is 0 Å². The first-order chi connectivity index (χ1) is 18.2.